The lowest BCUT2D eigenvalue weighted by molar-refractivity contribution is -0.127. The van der Waals surface area contributed by atoms with E-state index in [0.717, 1.165) is 56.0 Å². The maximum absolute atomic E-state index is 12.2. The van der Waals surface area contributed by atoms with Gasteiger partial charge in [0, 0.05) is 45.1 Å². The zero-order valence-corrected chi connectivity index (χ0v) is 16.2. The minimum atomic E-state index is -0.351. The van der Waals surface area contributed by atoms with Crippen molar-refractivity contribution in [3.63, 3.8) is 0 Å². The van der Waals surface area contributed by atoms with Gasteiger partial charge in [-0.2, -0.15) is 0 Å². The Bertz CT molecular complexity index is 896. The molecule has 1 amide bonds. The van der Waals surface area contributed by atoms with Crippen LogP contribution in [0.1, 0.15) is 36.5 Å². The number of ether oxygens (including phenoxy) is 1. The van der Waals surface area contributed by atoms with Gasteiger partial charge in [-0.25, -0.2) is 9.78 Å². The smallest absolute Gasteiger partial charge is 0.337 e. The van der Waals surface area contributed by atoms with Crippen LogP contribution in [0.4, 0.5) is 5.95 Å². The van der Waals surface area contributed by atoms with Gasteiger partial charge in [0.15, 0.2) is 0 Å². The first-order chi connectivity index (χ1) is 13.0. The highest BCUT2D eigenvalue weighted by atomic mass is 16.5. The summed E-state index contributed by atoms with van der Waals surface area (Å²) in [4.78, 5) is 33.0. The summed E-state index contributed by atoms with van der Waals surface area (Å²) in [6, 6.07) is 5.47. The highest BCUT2D eigenvalue weighted by Crippen LogP contribution is 2.41. The van der Waals surface area contributed by atoms with Gasteiger partial charge in [0.25, 0.3) is 0 Å². The lowest BCUT2D eigenvalue weighted by Gasteiger charge is -2.39. The number of rotatable bonds is 3. The molecule has 0 radical (unpaired) electrons. The number of fused-ring (bicyclic) bond motifs is 1. The largest absolute Gasteiger partial charge is 0.465 e. The molecule has 3 heterocycles. The molecule has 2 aromatic rings. The molecule has 7 nitrogen and oxygen atoms in total. The van der Waals surface area contributed by atoms with Gasteiger partial charge in [-0.15, -0.1) is 0 Å². The first-order valence-electron chi connectivity index (χ1n) is 9.54. The number of piperidine rings is 1. The predicted octanol–water partition coefficient (Wildman–Crippen LogP) is 2.20. The van der Waals surface area contributed by atoms with Crippen molar-refractivity contribution in [1.29, 1.82) is 0 Å². The van der Waals surface area contributed by atoms with E-state index in [9.17, 15) is 9.59 Å². The standard InChI is InChI=1S/C20H26N4O3/c1-4-23-13-20(12-17(23)25)7-9-24(10-8-20)19-21-15-11-14(18(26)27-3)5-6-16(15)22(19)2/h5-6,11H,4,7-10,12-13H2,1-3H3. The van der Waals surface area contributed by atoms with E-state index < -0.39 is 0 Å². The first-order valence-corrected chi connectivity index (χ1v) is 9.54. The number of likely N-dealkylation sites (tertiary alicyclic amines) is 1. The van der Waals surface area contributed by atoms with E-state index in [1.165, 1.54) is 7.11 Å². The number of methoxy groups -OCH3 is 1. The van der Waals surface area contributed by atoms with E-state index in [2.05, 4.69) is 9.47 Å². The summed E-state index contributed by atoms with van der Waals surface area (Å²) in [5.41, 5.74) is 2.43. The molecule has 2 aliphatic rings. The minimum absolute atomic E-state index is 0.131. The Morgan fingerprint density at radius 1 is 1.30 bits per heavy atom. The Morgan fingerprint density at radius 3 is 2.67 bits per heavy atom. The van der Waals surface area contributed by atoms with Crippen LogP contribution in [0.5, 0.6) is 0 Å². The van der Waals surface area contributed by atoms with E-state index in [1.807, 2.05) is 24.9 Å². The molecule has 7 heteroatoms. The number of imidazole rings is 1. The Labute approximate surface area is 158 Å². The van der Waals surface area contributed by atoms with E-state index >= 15 is 0 Å². The molecule has 4 rings (SSSR count). The third-order valence-corrected chi connectivity index (χ3v) is 6.17. The van der Waals surface area contributed by atoms with Crippen molar-refractivity contribution in [2.45, 2.75) is 26.2 Å². The molecule has 0 N–H and O–H groups in total. The highest BCUT2D eigenvalue weighted by molar-refractivity contribution is 5.94. The van der Waals surface area contributed by atoms with Crippen LogP contribution in [0.15, 0.2) is 18.2 Å². The van der Waals surface area contributed by atoms with Crippen LogP contribution in [-0.2, 0) is 16.6 Å². The second kappa shape index (κ2) is 6.55. The fourth-order valence-corrected chi connectivity index (χ4v) is 4.50. The van der Waals surface area contributed by atoms with E-state index in [-0.39, 0.29) is 11.4 Å². The summed E-state index contributed by atoms with van der Waals surface area (Å²) in [5, 5.41) is 0. The van der Waals surface area contributed by atoms with E-state index in [4.69, 9.17) is 9.72 Å². The van der Waals surface area contributed by atoms with Gasteiger partial charge < -0.3 is 19.1 Å². The number of amides is 1. The van der Waals surface area contributed by atoms with Crippen LogP contribution < -0.4 is 4.90 Å². The van der Waals surface area contributed by atoms with Gasteiger partial charge in [-0.3, -0.25) is 4.79 Å². The normalized spacial score (nSPS) is 19.3. The van der Waals surface area contributed by atoms with Crippen LogP contribution in [0.25, 0.3) is 11.0 Å². The third-order valence-electron chi connectivity index (χ3n) is 6.17. The molecule has 1 aromatic carbocycles. The predicted molar refractivity (Wildman–Crippen MR) is 103 cm³/mol. The van der Waals surface area contributed by atoms with Crippen LogP contribution >= 0.6 is 0 Å². The van der Waals surface area contributed by atoms with Crippen molar-refractivity contribution in [1.82, 2.24) is 14.5 Å². The van der Waals surface area contributed by atoms with Crippen LogP contribution in [0, 0.1) is 5.41 Å². The summed E-state index contributed by atoms with van der Waals surface area (Å²) in [5.74, 6) is 0.859. The van der Waals surface area contributed by atoms with Crippen molar-refractivity contribution >= 4 is 28.9 Å². The molecule has 2 saturated heterocycles. The molecule has 0 aliphatic carbocycles. The molecule has 27 heavy (non-hydrogen) atoms. The number of hydrogen-bond acceptors (Lipinski definition) is 5. The number of esters is 1. The van der Waals surface area contributed by atoms with E-state index in [1.54, 1.807) is 12.1 Å². The van der Waals surface area contributed by atoms with Crippen LogP contribution in [-0.4, -0.2) is 59.6 Å². The van der Waals surface area contributed by atoms with Gasteiger partial charge >= 0.3 is 5.97 Å². The summed E-state index contributed by atoms with van der Waals surface area (Å²) < 4.78 is 6.88. The van der Waals surface area contributed by atoms with Crippen molar-refractivity contribution < 1.29 is 14.3 Å². The second-order valence-corrected chi connectivity index (χ2v) is 7.74. The van der Waals surface area contributed by atoms with Crippen molar-refractivity contribution in [2.24, 2.45) is 12.5 Å². The third kappa shape index (κ3) is 2.95. The Morgan fingerprint density at radius 2 is 2.04 bits per heavy atom. The second-order valence-electron chi connectivity index (χ2n) is 7.74. The maximum Gasteiger partial charge on any atom is 0.337 e. The quantitative estimate of drug-likeness (QED) is 0.775. The number of nitrogens with zero attached hydrogens (tertiary/aromatic N) is 4. The average Bonchev–Trinajstić information content (AvgIpc) is 3.18. The molecule has 0 atom stereocenters. The van der Waals surface area contributed by atoms with E-state index in [0.29, 0.717) is 17.9 Å². The number of carbonyl (C=O) groups is 2. The molecule has 1 aromatic heterocycles. The summed E-state index contributed by atoms with van der Waals surface area (Å²) in [7, 11) is 3.39. The van der Waals surface area contributed by atoms with Gasteiger partial charge in [0.2, 0.25) is 11.9 Å². The number of benzene rings is 1. The lowest BCUT2D eigenvalue weighted by Crippen LogP contribution is -2.42. The summed E-state index contributed by atoms with van der Waals surface area (Å²) >= 11 is 0. The van der Waals surface area contributed by atoms with Crippen molar-refractivity contribution in [2.75, 3.05) is 38.2 Å². The Balaban J connectivity index is 1.55. The zero-order chi connectivity index (χ0) is 19.2. The molecule has 0 unspecified atom stereocenters. The zero-order valence-electron chi connectivity index (χ0n) is 16.2. The van der Waals surface area contributed by atoms with Crippen molar-refractivity contribution in [3.05, 3.63) is 23.8 Å². The molecule has 2 fully saturated rings. The lowest BCUT2D eigenvalue weighted by atomic mass is 9.78. The van der Waals surface area contributed by atoms with Crippen molar-refractivity contribution in [3.8, 4) is 0 Å². The molecular formula is C20H26N4O3. The maximum atomic E-state index is 12.2. The summed E-state index contributed by atoms with van der Waals surface area (Å²) in [6.45, 7) is 5.53. The monoisotopic (exact) mass is 370 g/mol. The topological polar surface area (TPSA) is 67.7 Å². The SMILES string of the molecule is CCN1CC2(CCN(c3nc4cc(C(=O)OC)ccc4n3C)CC2)CC1=O. The first kappa shape index (κ1) is 17.8. The molecule has 2 aliphatic heterocycles. The van der Waals surface area contributed by atoms with Crippen LogP contribution in [0.3, 0.4) is 0 Å². The highest BCUT2D eigenvalue weighted by Gasteiger charge is 2.44. The van der Waals surface area contributed by atoms with Gasteiger partial charge in [0.1, 0.15) is 0 Å². The molecule has 0 saturated carbocycles. The number of hydrogen-bond donors (Lipinski definition) is 0. The fourth-order valence-electron chi connectivity index (χ4n) is 4.50. The molecular weight excluding hydrogens is 344 g/mol. The van der Waals surface area contributed by atoms with Gasteiger partial charge in [-0.05, 0) is 38.0 Å². The van der Waals surface area contributed by atoms with Crippen LogP contribution in [0.2, 0.25) is 0 Å². The molecule has 0 bridgehead atoms. The number of aryl methyl sites for hydroxylation is 1. The fraction of sp³-hybridized carbons (Fsp3) is 0.550. The number of aromatic nitrogens is 2. The Hall–Kier alpha value is -2.57. The minimum Gasteiger partial charge on any atom is -0.465 e. The molecule has 1 spiro atoms. The Kier molecular flexibility index (Phi) is 4.32. The summed E-state index contributed by atoms with van der Waals surface area (Å²) in [6.07, 6.45) is 2.69. The molecule has 144 valence electrons. The van der Waals surface area contributed by atoms with Gasteiger partial charge in [0.05, 0.1) is 23.7 Å². The number of anilines is 1. The average molecular weight is 370 g/mol. The van der Waals surface area contributed by atoms with Gasteiger partial charge in [-0.1, -0.05) is 0 Å². The number of carbonyl (C=O) groups excluding carboxylic acids is 2.